The SMILES string of the molecule is CC(Sc1nc2ccccc2c(=O)n1CCCN1CCOCC1)C(=O)Nc1cccc(Cl)c1. The standard InChI is InChI=1S/C24H27ClN4O3S/c1-17(22(30)26-19-7-4-6-18(25)16-19)33-24-27-21-9-3-2-8-20(21)23(31)29(24)11-5-10-28-12-14-32-15-13-28/h2-4,6-9,16-17H,5,10-15H2,1H3,(H,26,30). The molecule has 7 nitrogen and oxygen atoms in total. The lowest BCUT2D eigenvalue weighted by molar-refractivity contribution is -0.115. The van der Waals surface area contributed by atoms with E-state index in [0.29, 0.717) is 33.3 Å². The van der Waals surface area contributed by atoms with Crippen LogP contribution in [0.3, 0.4) is 0 Å². The van der Waals surface area contributed by atoms with Gasteiger partial charge in [-0.25, -0.2) is 4.98 Å². The van der Waals surface area contributed by atoms with Gasteiger partial charge in [0.15, 0.2) is 5.16 Å². The number of fused-ring (bicyclic) bond motifs is 1. The Labute approximate surface area is 202 Å². The summed E-state index contributed by atoms with van der Waals surface area (Å²) >= 11 is 7.31. The number of morpholine rings is 1. The first-order valence-corrected chi connectivity index (χ1v) is 12.3. The highest BCUT2D eigenvalue weighted by molar-refractivity contribution is 8.00. The summed E-state index contributed by atoms with van der Waals surface area (Å²) in [6.45, 7) is 6.55. The van der Waals surface area contributed by atoms with Crippen molar-refractivity contribution in [3.05, 3.63) is 63.9 Å². The van der Waals surface area contributed by atoms with Gasteiger partial charge in [-0.3, -0.25) is 19.1 Å². The Hall–Kier alpha value is -2.39. The van der Waals surface area contributed by atoms with E-state index in [1.165, 1.54) is 11.8 Å². The number of carbonyl (C=O) groups excluding carboxylic acids is 1. The molecule has 1 atom stereocenters. The van der Waals surface area contributed by atoms with Crippen LogP contribution in [0.25, 0.3) is 10.9 Å². The molecule has 9 heteroatoms. The number of nitrogens with zero attached hydrogens (tertiary/aromatic N) is 3. The van der Waals surface area contributed by atoms with Crippen molar-refractivity contribution in [2.45, 2.75) is 30.3 Å². The summed E-state index contributed by atoms with van der Waals surface area (Å²) in [6.07, 6.45) is 0.816. The van der Waals surface area contributed by atoms with E-state index in [9.17, 15) is 9.59 Å². The van der Waals surface area contributed by atoms with Gasteiger partial charge < -0.3 is 10.1 Å². The number of thioether (sulfide) groups is 1. The Kier molecular flexibility index (Phi) is 8.03. The molecule has 1 saturated heterocycles. The Morgan fingerprint density at radius 1 is 1.18 bits per heavy atom. The maximum absolute atomic E-state index is 13.3. The Morgan fingerprint density at radius 3 is 2.76 bits per heavy atom. The second-order valence-electron chi connectivity index (χ2n) is 7.94. The molecule has 1 aliphatic rings. The van der Waals surface area contributed by atoms with E-state index >= 15 is 0 Å². The lowest BCUT2D eigenvalue weighted by Gasteiger charge is -2.26. The van der Waals surface area contributed by atoms with E-state index in [1.54, 1.807) is 34.9 Å². The number of rotatable bonds is 8. The molecule has 2 aromatic carbocycles. The molecule has 174 valence electrons. The van der Waals surface area contributed by atoms with Gasteiger partial charge in [0, 0.05) is 36.9 Å². The number of halogens is 1. The molecule has 1 unspecified atom stereocenters. The van der Waals surface area contributed by atoms with Gasteiger partial charge in [-0.1, -0.05) is 41.6 Å². The third-order valence-electron chi connectivity index (χ3n) is 5.53. The van der Waals surface area contributed by atoms with Crippen LogP contribution in [0, 0.1) is 0 Å². The van der Waals surface area contributed by atoms with Gasteiger partial charge in [0.2, 0.25) is 5.91 Å². The number of aromatic nitrogens is 2. The normalized spacial score (nSPS) is 15.5. The second kappa shape index (κ2) is 11.2. The van der Waals surface area contributed by atoms with Crippen LogP contribution in [0.4, 0.5) is 5.69 Å². The Bertz CT molecular complexity index is 1180. The molecule has 1 aliphatic heterocycles. The summed E-state index contributed by atoms with van der Waals surface area (Å²) < 4.78 is 7.12. The van der Waals surface area contributed by atoms with Gasteiger partial charge in [-0.2, -0.15) is 0 Å². The van der Waals surface area contributed by atoms with Gasteiger partial charge in [0.1, 0.15) is 0 Å². The van der Waals surface area contributed by atoms with E-state index in [4.69, 9.17) is 21.3 Å². The third-order valence-corrected chi connectivity index (χ3v) is 6.86. The molecule has 4 rings (SSSR count). The monoisotopic (exact) mass is 486 g/mol. The number of hydrogen-bond acceptors (Lipinski definition) is 6. The van der Waals surface area contributed by atoms with Crippen molar-refractivity contribution in [1.82, 2.24) is 14.5 Å². The van der Waals surface area contributed by atoms with Crippen LogP contribution in [0.15, 0.2) is 58.5 Å². The topological polar surface area (TPSA) is 76.5 Å². The number of para-hydroxylation sites is 1. The molecule has 2 heterocycles. The van der Waals surface area contributed by atoms with E-state index < -0.39 is 5.25 Å². The Balaban J connectivity index is 1.52. The molecule has 1 fully saturated rings. The van der Waals surface area contributed by atoms with Gasteiger partial charge in [0.05, 0.1) is 29.4 Å². The van der Waals surface area contributed by atoms with Crippen molar-refractivity contribution in [3.8, 4) is 0 Å². The number of benzene rings is 2. The first-order chi connectivity index (χ1) is 16.0. The van der Waals surface area contributed by atoms with E-state index in [0.717, 1.165) is 39.3 Å². The zero-order valence-electron chi connectivity index (χ0n) is 18.5. The van der Waals surface area contributed by atoms with E-state index in [-0.39, 0.29) is 11.5 Å². The van der Waals surface area contributed by atoms with Crippen LogP contribution in [-0.2, 0) is 16.1 Å². The zero-order valence-corrected chi connectivity index (χ0v) is 20.1. The highest BCUT2D eigenvalue weighted by Crippen LogP contribution is 2.24. The fraction of sp³-hybridized carbons (Fsp3) is 0.375. The maximum Gasteiger partial charge on any atom is 0.262 e. The molecular formula is C24H27ClN4O3S. The first-order valence-electron chi connectivity index (χ1n) is 11.0. The van der Waals surface area contributed by atoms with Crippen molar-refractivity contribution in [3.63, 3.8) is 0 Å². The maximum atomic E-state index is 13.3. The quantitative estimate of drug-likeness (QED) is 0.384. The van der Waals surface area contributed by atoms with Crippen molar-refractivity contribution >= 4 is 45.9 Å². The molecule has 1 N–H and O–H groups in total. The minimum absolute atomic E-state index is 0.0764. The fourth-order valence-corrected chi connectivity index (χ4v) is 4.86. The minimum atomic E-state index is -0.456. The van der Waals surface area contributed by atoms with Crippen LogP contribution in [0.1, 0.15) is 13.3 Å². The average molecular weight is 487 g/mol. The number of carbonyl (C=O) groups is 1. The number of hydrogen-bond donors (Lipinski definition) is 1. The molecule has 3 aromatic rings. The van der Waals surface area contributed by atoms with Crippen molar-refractivity contribution < 1.29 is 9.53 Å². The van der Waals surface area contributed by atoms with Crippen molar-refractivity contribution in [2.75, 3.05) is 38.2 Å². The van der Waals surface area contributed by atoms with E-state index in [2.05, 4.69) is 10.2 Å². The van der Waals surface area contributed by atoms with E-state index in [1.807, 2.05) is 25.1 Å². The summed E-state index contributed by atoms with van der Waals surface area (Å²) in [6, 6.07) is 14.4. The second-order valence-corrected chi connectivity index (χ2v) is 9.68. The van der Waals surface area contributed by atoms with Gasteiger partial charge in [0.25, 0.3) is 5.56 Å². The fourth-order valence-electron chi connectivity index (χ4n) is 3.73. The number of nitrogens with one attached hydrogen (secondary N) is 1. The molecule has 0 radical (unpaired) electrons. The Morgan fingerprint density at radius 2 is 1.97 bits per heavy atom. The number of anilines is 1. The lowest BCUT2D eigenvalue weighted by atomic mass is 10.2. The molecule has 33 heavy (non-hydrogen) atoms. The molecular weight excluding hydrogens is 460 g/mol. The predicted octanol–water partition coefficient (Wildman–Crippen LogP) is 3.89. The molecule has 0 saturated carbocycles. The summed E-state index contributed by atoms with van der Waals surface area (Å²) in [5.74, 6) is -0.176. The summed E-state index contributed by atoms with van der Waals surface area (Å²) in [5.41, 5.74) is 1.19. The zero-order chi connectivity index (χ0) is 23.2. The highest BCUT2D eigenvalue weighted by atomic mass is 35.5. The largest absolute Gasteiger partial charge is 0.379 e. The van der Waals surface area contributed by atoms with Gasteiger partial charge in [-0.15, -0.1) is 0 Å². The molecule has 1 aromatic heterocycles. The van der Waals surface area contributed by atoms with Gasteiger partial charge in [-0.05, 0) is 43.7 Å². The summed E-state index contributed by atoms with van der Waals surface area (Å²) in [4.78, 5) is 33.2. The predicted molar refractivity (Wildman–Crippen MR) is 133 cm³/mol. The van der Waals surface area contributed by atoms with Crippen LogP contribution >= 0.6 is 23.4 Å². The molecule has 1 amide bonds. The number of amides is 1. The molecule has 0 aliphatic carbocycles. The smallest absolute Gasteiger partial charge is 0.262 e. The third kappa shape index (κ3) is 6.14. The van der Waals surface area contributed by atoms with Crippen LogP contribution in [-0.4, -0.2) is 58.5 Å². The van der Waals surface area contributed by atoms with Crippen LogP contribution in [0.5, 0.6) is 0 Å². The minimum Gasteiger partial charge on any atom is -0.379 e. The summed E-state index contributed by atoms with van der Waals surface area (Å²) in [5, 5.41) is 4.12. The highest BCUT2D eigenvalue weighted by Gasteiger charge is 2.20. The lowest BCUT2D eigenvalue weighted by Crippen LogP contribution is -2.37. The van der Waals surface area contributed by atoms with Crippen LogP contribution in [0.2, 0.25) is 5.02 Å². The van der Waals surface area contributed by atoms with Gasteiger partial charge >= 0.3 is 0 Å². The summed E-state index contributed by atoms with van der Waals surface area (Å²) in [7, 11) is 0. The van der Waals surface area contributed by atoms with Crippen molar-refractivity contribution in [1.29, 1.82) is 0 Å². The molecule has 0 bridgehead atoms. The number of ether oxygens (including phenoxy) is 1. The molecule has 0 spiro atoms. The van der Waals surface area contributed by atoms with Crippen LogP contribution < -0.4 is 10.9 Å². The first kappa shape index (κ1) is 23.8. The average Bonchev–Trinajstić information content (AvgIpc) is 2.81. The van der Waals surface area contributed by atoms with Crippen molar-refractivity contribution in [2.24, 2.45) is 0 Å².